The molecule has 0 N–H and O–H groups in total. The molecule has 21 heavy (non-hydrogen) atoms. The summed E-state index contributed by atoms with van der Waals surface area (Å²) in [7, 11) is -6.95. The van der Waals surface area contributed by atoms with Gasteiger partial charge in [0, 0.05) is 12.5 Å². The molecule has 0 aromatic heterocycles. The van der Waals surface area contributed by atoms with Crippen LogP contribution in [0.2, 0.25) is 0 Å². The van der Waals surface area contributed by atoms with Crippen LogP contribution in [0.15, 0.2) is 58.3 Å². The Hall–Kier alpha value is -1.86. The van der Waals surface area contributed by atoms with Crippen molar-refractivity contribution in [3.63, 3.8) is 0 Å². The fraction of sp³-hybridized carbons (Fsp3) is 0.143. The van der Waals surface area contributed by atoms with Crippen molar-refractivity contribution in [3.8, 4) is 11.5 Å². The zero-order valence-electron chi connectivity index (χ0n) is 11.5. The molecule has 2 aromatic carbocycles. The lowest BCUT2D eigenvalue weighted by Gasteiger charge is -2.12. The van der Waals surface area contributed by atoms with E-state index in [9.17, 15) is 16.8 Å². The average molecular weight is 326 g/mol. The van der Waals surface area contributed by atoms with Crippen LogP contribution in [-0.4, -0.2) is 29.3 Å². The molecule has 112 valence electrons. The molecule has 0 unspecified atom stereocenters. The van der Waals surface area contributed by atoms with Gasteiger partial charge in [0.25, 0.3) is 0 Å². The molecule has 7 heteroatoms. The quantitative estimate of drug-likeness (QED) is 0.861. The standard InChI is InChI=1S/C14H14O5S2/c1-20(15,16)13-9-5-3-7-11(13)19-12-8-4-6-10-14(12)21(2,17)18/h3-10H,1-2H3. The highest BCUT2D eigenvalue weighted by atomic mass is 32.2. The van der Waals surface area contributed by atoms with Crippen molar-refractivity contribution in [1.29, 1.82) is 0 Å². The van der Waals surface area contributed by atoms with Gasteiger partial charge in [-0.1, -0.05) is 24.3 Å². The number of ether oxygens (including phenoxy) is 1. The smallest absolute Gasteiger partial charge is 0.179 e. The number of para-hydroxylation sites is 2. The van der Waals surface area contributed by atoms with Crippen LogP contribution in [0, 0.1) is 0 Å². The Bertz CT molecular complexity index is 794. The van der Waals surface area contributed by atoms with E-state index in [1.165, 1.54) is 24.3 Å². The highest BCUT2D eigenvalue weighted by Gasteiger charge is 2.18. The molecule has 0 radical (unpaired) electrons. The molecular weight excluding hydrogens is 312 g/mol. The summed E-state index contributed by atoms with van der Waals surface area (Å²) in [6, 6.07) is 12.2. The first-order chi connectivity index (χ1) is 9.69. The maximum Gasteiger partial charge on any atom is 0.179 e. The van der Waals surface area contributed by atoms with Crippen molar-refractivity contribution >= 4 is 19.7 Å². The first-order valence-electron chi connectivity index (χ1n) is 5.95. The van der Waals surface area contributed by atoms with E-state index in [2.05, 4.69) is 0 Å². The summed E-state index contributed by atoms with van der Waals surface area (Å²) < 4.78 is 52.4. The van der Waals surface area contributed by atoms with Crippen LogP contribution in [0.3, 0.4) is 0 Å². The fourth-order valence-electron chi connectivity index (χ4n) is 1.80. The van der Waals surface area contributed by atoms with Gasteiger partial charge >= 0.3 is 0 Å². The summed E-state index contributed by atoms with van der Waals surface area (Å²) in [5, 5.41) is 0. The SMILES string of the molecule is CS(=O)(=O)c1ccccc1Oc1ccccc1S(C)(=O)=O. The molecule has 0 spiro atoms. The first kappa shape index (κ1) is 15.5. The molecule has 0 saturated heterocycles. The van der Waals surface area contributed by atoms with Gasteiger partial charge in [-0.05, 0) is 24.3 Å². The minimum Gasteiger partial charge on any atom is -0.455 e. The molecule has 0 fully saturated rings. The Morgan fingerprint density at radius 1 is 0.667 bits per heavy atom. The van der Waals surface area contributed by atoms with Gasteiger partial charge in [0.1, 0.15) is 21.3 Å². The molecule has 0 bridgehead atoms. The van der Waals surface area contributed by atoms with E-state index in [0.29, 0.717) is 0 Å². The molecule has 2 rings (SSSR count). The second-order valence-electron chi connectivity index (χ2n) is 4.54. The van der Waals surface area contributed by atoms with Gasteiger partial charge in [-0.25, -0.2) is 16.8 Å². The van der Waals surface area contributed by atoms with Gasteiger partial charge in [-0.2, -0.15) is 0 Å². The summed E-state index contributed by atoms with van der Waals surface area (Å²) >= 11 is 0. The van der Waals surface area contributed by atoms with Crippen molar-refractivity contribution in [1.82, 2.24) is 0 Å². The van der Waals surface area contributed by atoms with Gasteiger partial charge < -0.3 is 4.74 Å². The van der Waals surface area contributed by atoms with Crippen molar-refractivity contribution < 1.29 is 21.6 Å². The molecular formula is C14H14O5S2. The molecule has 5 nitrogen and oxygen atoms in total. The Balaban J connectivity index is 2.56. The summed E-state index contributed by atoms with van der Waals surface area (Å²) in [5.74, 6) is 0.187. The topological polar surface area (TPSA) is 77.5 Å². The summed E-state index contributed by atoms with van der Waals surface area (Å²) in [5.41, 5.74) is 0. The van der Waals surface area contributed by atoms with E-state index in [1.54, 1.807) is 24.3 Å². The van der Waals surface area contributed by atoms with Crippen LogP contribution in [0.1, 0.15) is 0 Å². The maximum atomic E-state index is 11.7. The summed E-state index contributed by atoms with van der Waals surface area (Å²) in [6.07, 6.45) is 2.13. The molecule has 0 saturated carbocycles. The zero-order valence-corrected chi connectivity index (χ0v) is 13.1. The van der Waals surface area contributed by atoms with Crippen molar-refractivity contribution in [3.05, 3.63) is 48.5 Å². The Labute approximate surface area is 124 Å². The van der Waals surface area contributed by atoms with Crippen LogP contribution < -0.4 is 4.74 Å². The predicted molar refractivity (Wildman–Crippen MR) is 79.2 cm³/mol. The second kappa shape index (κ2) is 5.50. The molecule has 0 aliphatic heterocycles. The molecule has 0 atom stereocenters. The summed E-state index contributed by atoms with van der Waals surface area (Å²) in [4.78, 5) is 0.0154. The van der Waals surface area contributed by atoms with Crippen molar-refractivity contribution in [2.24, 2.45) is 0 Å². The molecule has 0 amide bonds. The molecule has 0 aliphatic rings. The Kier molecular flexibility index (Phi) is 4.06. The average Bonchev–Trinajstić information content (AvgIpc) is 2.37. The lowest BCUT2D eigenvalue weighted by atomic mass is 10.3. The van der Waals surface area contributed by atoms with E-state index in [-0.39, 0.29) is 21.3 Å². The fourth-order valence-corrected chi connectivity index (χ4v) is 3.40. The third kappa shape index (κ3) is 3.62. The van der Waals surface area contributed by atoms with E-state index in [0.717, 1.165) is 12.5 Å². The number of hydrogen-bond acceptors (Lipinski definition) is 5. The minimum atomic E-state index is -3.48. The highest BCUT2D eigenvalue weighted by molar-refractivity contribution is 7.91. The first-order valence-corrected chi connectivity index (χ1v) is 9.74. The van der Waals surface area contributed by atoms with Crippen LogP contribution >= 0.6 is 0 Å². The number of rotatable bonds is 4. The normalized spacial score (nSPS) is 12.1. The van der Waals surface area contributed by atoms with Crippen LogP contribution in [0.25, 0.3) is 0 Å². The van der Waals surface area contributed by atoms with Crippen LogP contribution in [0.5, 0.6) is 11.5 Å². The maximum absolute atomic E-state index is 11.7. The summed E-state index contributed by atoms with van der Waals surface area (Å²) in [6.45, 7) is 0. The van der Waals surface area contributed by atoms with E-state index in [4.69, 9.17) is 4.74 Å². The molecule has 0 heterocycles. The van der Waals surface area contributed by atoms with Crippen molar-refractivity contribution in [2.45, 2.75) is 9.79 Å². The van der Waals surface area contributed by atoms with Gasteiger partial charge in [0.15, 0.2) is 19.7 Å². The lowest BCUT2D eigenvalue weighted by Crippen LogP contribution is -2.03. The third-order valence-corrected chi connectivity index (χ3v) is 4.99. The predicted octanol–water partition coefficient (Wildman–Crippen LogP) is 2.29. The van der Waals surface area contributed by atoms with Gasteiger partial charge in [-0.3, -0.25) is 0 Å². The van der Waals surface area contributed by atoms with Gasteiger partial charge in [0.2, 0.25) is 0 Å². The number of hydrogen-bond donors (Lipinski definition) is 0. The van der Waals surface area contributed by atoms with E-state index in [1.807, 2.05) is 0 Å². The number of benzene rings is 2. The zero-order chi connectivity index (χ0) is 15.7. The molecule has 0 aliphatic carbocycles. The molecule has 2 aromatic rings. The largest absolute Gasteiger partial charge is 0.455 e. The van der Waals surface area contributed by atoms with Crippen molar-refractivity contribution in [2.75, 3.05) is 12.5 Å². The van der Waals surface area contributed by atoms with E-state index < -0.39 is 19.7 Å². The van der Waals surface area contributed by atoms with E-state index >= 15 is 0 Å². The van der Waals surface area contributed by atoms with Gasteiger partial charge in [-0.15, -0.1) is 0 Å². The second-order valence-corrected chi connectivity index (χ2v) is 8.51. The highest BCUT2D eigenvalue weighted by Crippen LogP contribution is 2.32. The van der Waals surface area contributed by atoms with Gasteiger partial charge in [0.05, 0.1) is 0 Å². The Morgan fingerprint density at radius 2 is 1.00 bits per heavy atom. The third-order valence-electron chi connectivity index (χ3n) is 2.72. The lowest BCUT2D eigenvalue weighted by molar-refractivity contribution is 0.454. The van der Waals surface area contributed by atoms with Crippen LogP contribution in [0.4, 0.5) is 0 Å². The minimum absolute atomic E-state index is 0.00769. The number of sulfone groups is 2. The monoisotopic (exact) mass is 326 g/mol. The Morgan fingerprint density at radius 3 is 1.33 bits per heavy atom. The van der Waals surface area contributed by atoms with Crippen LogP contribution in [-0.2, 0) is 19.7 Å².